The molecule has 9 heteroatoms. The number of hydrogen-bond donors (Lipinski definition) is 3. The zero-order valence-corrected chi connectivity index (χ0v) is 16.1. The molecule has 2 fully saturated rings. The minimum Gasteiger partial charge on any atom is -0.465 e. The van der Waals surface area contributed by atoms with Crippen LogP contribution in [0.2, 0.25) is 0 Å². The Bertz CT molecular complexity index is 726. The monoisotopic (exact) mass is 431 g/mol. The average molecular weight is 432 g/mol. The second kappa shape index (κ2) is 7.22. The molecule has 1 aromatic carbocycles. The van der Waals surface area contributed by atoms with Gasteiger partial charge in [-0.05, 0) is 49.9 Å². The highest BCUT2D eigenvalue weighted by Gasteiger charge is 2.40. The number of nitrogens with zero attached hydrogens (tertiary/aromatic N) is 1. The number of piperidine rings is 1. The van der Waals surface area contributed by atoms with Gasteiger partial charge in [0.2, 0.25) is 10.0 Å². The lowest BCUT2D eigenvalue weighted by Crippen LogP contribution is -2.60. The van der Waals surface area contributed by atoms with E-state index in [0.717, 1.165) is 17.3 Å². The van der Waals surface area contributed by atoms with Crippen LogP contribution < -0.4 is 10.6 Å². The third kappa shape index (κ3) is 4.52. The van der Waals surface area contributed by atoms with E-state index in [2.05, 4.69) is 26.6 Å². The predicted octanol–water partition coefficient (Wildman–Crippen LogP) is 1.99. The highest BCUT2D eigenvalue weighted by Crippen LogP contribution is 2.28. The molecule has 1 heterocycles. The van der Waals surface area contributed by atoms with E-state index < -0.39 is 21.7 Å². The molecule has 0 radical (unpaired) electrons. The molecule has 0 aromatic heterocycles. The van der Waals surface area contributed by atoms with Gasteiger partial charge in [0.1, 0.15) is 0 Å². The van der Waals surface area contributed by atoms with Crippen molar-refractivity contribution in [1.29, 1.82) is 0 Å². The first-order chi connectivity index (χ1) is 11.8. The van der Waals surface area contributed by atoms with Gasteiger partial charge < -0.3 is 15.7 Å². The SMILES string of the molecule is O=C(O)NC1(CNC2CC2)CCN(S(=O)(=O)c2ccc(Br)cc2)CC1. The number of carbonyl (C=O) groups is 1. The first-order valence-corrected chi connectivity index (χ1v) is 10.5. The summed E-state index contributed by atoms with van der Waals surface area (Å²) in [4.78, 5) is 11.4. The van der Waals surface area contributed by atoms with E-state index in [0.29, 0.717) is 38.5 Å². The van der Waals surface area contributed by atoms with Crippen molar-refractivity contribution in [3.8, 4) is 0 Å². The summed E-state index contributed by atoms with van der Waals surface area (Å²) in [6.07, 6.45) is 2.08. The van der Waals surface area contributed by atoms with Crippen LogP contribution in [0.1, 0.15) is 25.7 Å². The molecule has 7 nitrogen and oxygen atoms in total. The number of amides is 1. The summed E-state index contributed by atoms with van der Waals surface area (Å²) in [7, 11) is -3.56. The van der Waals surface area contributed by atoms with Crippen molar-refractivity contribution in [2.24, 2.45) is 0 Å². The highest BCUT2D eigenvalue weighted by molar-refractivity contribution is 9.10. The van der Waals surface area contributed by atoms with Crippen molar-refractivity contribution >= 4 is 32.0 Å². The molecule has 138 valence electrons. The van der Waals surface area contributed by atoms with E-state index in [-0.39, 0.29) is 4.90 Å². The van der Waals surface area contributed by atoms with Gasteiger partial charge in [-0.25, -0.2) is 13.2 Å². The highest BCUT2D eigenvalue weighted by atomic mass is 79.9. The van der Waals surface area contributed by atoms with Gasteiger partial charge in [-0.1, -0.05) is 15.9 Å². The molecule has 1 saturated carbocycles. The Morgan fingerprint density at radius 3 is 2.36 bits per heavy atom. The molecule has 0 unspecified atom stereocenters. The number of rotatable bonds is 6. The quantitative estimate of drug-likeness (QED) is 0.639. The topological polar surface area (TPSA) is 98.7 Å². The smallest absolute Gasteiger partial charge is 0.405 e. The normalized spacial score (nSPS) is 21.0. The molecule has 1 amide bonds. The summed E-state index contributed by atoms with van der Waals surface area (Å²) in [5.41, 5.74) is -0.611. The fourth-order valence-electron chi connectivity index (χ4n) is 3.11. The number of sulfonamides is 1. The van der Waals surface area contributed by atoms with E-state index >= 15 is 0 Å². The summed E-state index contributed by atoms with van der Waals surface area (Å²) >= 11 is 3.30. The van der Waals surface area contributed by atoms with Crippen molar-refractivity contribution in [3.63, 3.8) is 0 Å². The fourth-order valence-corrected chi connectivity index (χ4v) is 4.82. The molecule has 1 saturated heterocycles. The molecule has 1 aliphatic carbocycles. The van der Waals surface area contributed by atoms with Crippen molar-refractivity contribution in [2.75, 3.05) is 19.6 Å². The van der Waals surface area contributed by atoms with Crippen LogP contribution in [0, 0.1) is 0 Å². The van der Waals surface area contributed by atoms with Crippen LogP contribution in [-0.4, -0.2) is 55.1 Å². The maximum absolute atomic E-state index is 12.8. The van der Waals surface area contributed by atoms with Gasteiger partial charge in [0.15, 0.2) is 0 Å². The largest absolute Gasteiger partial charge is 0.465 e. The van der Waals surface area contributed by atoms with Gasteiger partial charge in [-0.15, -0.1) is 0 Å². The molecule has 25 heavy (non-hydrogen) atoms. The van der Waals surface area contributed by atoms with Gasteiger partial charge in [-0.3, -0.25) is 0 Å². The van der Waals surface area contributed by atoms with Crippen LogP contribution in [0.15, 0.2) is 33.6 Å². The van der Waals surface area contributed by atoms with E-state index in [9.17, 15) is 13.2 Å². The number of benzene rings is 1. The van der Waals surface area contributed by atoms with Crippen molar-refractivity contribution < 1.29 is 18.3 Å². The van der Waals surface area contributed by atoms with Crippen molar-refractivity contribution in [2.45, 2.75) is 42.2 Å². The summed E-state index contributed by atoms with van der Waals surface area (Å²) in [6, 6.07) is 7.02. The number of hydrogen-bond acceptors (Lipinski definition) is 4. The summed E-state index contributed by atoms with van der Waals surface area (Å²) in [5.74, 6) is 0. The van der Waals surface area contributed by atoms with Crippen LogP contribution in [0.25, 0.3) is 0 Å². The van der Waals surface area contributed by atoms with Crippen LogP contribution in [-0.2, 0) is 10.0 Å². The Labute approximate surface area is 156 Å². The molecule has 0 bridgehead atoms. The molecular weight excluding hydrogens is 410 g/mol. The second-order valence-electron chi connectivity index (χ2n) is 6.72. The zero-order chi connectivity index (χ0) is 18.1. The lowest BCUT2D eigenvalue weighted by Gasteiger charge is -2.41. The Hall–Kier alpha value is -1.16. The molecule has 0 atom stereocenters. The Balaban J connectivity index is 1.69. The van der Waals surface area contributed by atoms with Crippen LogP contribution in [0.4, 0.5) is 4.79 Å². The summed E-state index contributed by atoms with van der Waals surface area (Å²) < 4.78 is 27.8. The molecule has 3 rings (SSSR count). The maximum atomic E-state index is 12.8. The Morgan fingerprint density at radius 1 is 1.24 bits per heavy atom. The average Bonchev–Trinajstić information content (AvgIpc) is 3.38. The third-order valence-electron chi connectivity index (χ3n) is 4.81. The number of nitrogens with one attached hydrogen (secondary N) is 2. The first kappa shape index (κ1) is 18.6. The van der Waals surface area contributed by atoms with Crippen LogP contribution in [0.5, 0.6) is 0 Å². The third-order valence-corrected chi connectivity index (χ3v) is 7.25. The van der Waals surface area contributed by atoms with Crippen molar-refractivity contribution in [3.05, 3.63) is 28.7 Å². The predicted molar refractivity (Wildman–Crippen MR) is 97.1 cm³/mol. The minimum absolute atomic E-state index is 0.255. The van der Waals surface area contributed by atoms with Crippen molar-refractivity contribution in [1.82, 2.24) is 14.9 Å². The lowest BCUT2D eigenvalue weighted by atomic mass is 9.88. The Kier molecular flexibility index (Phi) is 5.38. The van der Waals surface area contributed by atoms with E-state index in [4.69, 9.17) is 5.11 Å². The van der Waals surface area contributed by atoms with Gasteiger partial charge in [0.25, 0.3) is 0 Å². The van der Waals surface area contributed by atoms with Gasteiger partial charge in [0.05, 0.1) is 10.4 Å². The standard InChI is InChI=1S/C16H22BrN3O4S/c17-12-1-5-14(6-2-12)25(23,24)20-9-7-16(8-10-20,19-15(21)22)11-18-13-3-4-13/h1-2,5-6,13,18-19H,3-4,7-11H2,(H,21,22). The maximum Gasteiger partial charge on any atom is 0.405 e. The fraction of sp³-hybridized carbons (Fsp3) is 0.562. The van der Waals surface area contributed by atoms with Gasteiger partial charge in [0, 0.05) is 30.1 Å². The van der Waals surface area contributed by atoms with Crippen LogP contribution >= 0.6 is 15.9 Å². The number of carboxylic acid groups (broad SMARTS) is 1. The van der Waals surface area contributed by atoms with Crippen LogP contribution in [0.3, 0.4) is 0 Å². The lowest BCUT2D eigenvalue weighted by molar-refractivity contribution is 0.150. The van der Waals surface area contributed by atoms with Gasteiger partial charge in [-0.2, -0.15) is 4.31 Å². The molecular formula is C16H22BrN3O4S. The minimum atomic E-state index is -3.56. The number of halogens is 1. The van der Waals surface area contributed by atoms with E-state index in [1.165, 1.54) is 4.31 Å². The second-order valence-corrected chi connectivity index (χ2v) is 9.58. The van der Waals surface area contributed by atoms with E-state index in [1.807, 2.05) is 0 Å². The molecule has 2 aliphatic rings. The molecule has 0 spiro atoms. The van der Waals surface area contributed by atoms with Gasteiger partial charge >= 0.3 is 6.09 Å². The zero-order valence-electron chi connectivity index (χ0n) is 13.7. The molecule has 1 aliphatic heterocycles. The summed E-state index contributed by atoms with van der Waals surface area (Å²) in [5, 5.41) is 15.2. The Morgan fingerprint density at radius 2 is 1.84 bits per heavy atom. The summed E-state index contributed by atoms with van der Waals surface area (Å²) in [6.45, 7) is 1.13. The molecule has 1 aromatic rings. The van der Waals surface area contributed by atoms with E-state index in [1.54, 1.807) is 24.3 Å². The molecule has 3 N–H and O–H groups in total. The first-order valence-electron chi connectivity index (χ1n) is 8.31.